The van der Waals surface area contributed by atoms with Crippen LogP contribution in [0.3, 0.4) is 0 Å². The first-order valence-corrected chi connectivity index (χ1v) is 17.8. The summed E-state index contributed by atoms with van der Waals surface area (Å²) in [4.78, 5) is 20.4. The van der Waals surface area contributed by atoms with Gasteiger partial charge in [-0.2, -0.15) is 0 Å². The van der Waals surface area contributed by atoms with Gasteiger partial charge in [0.05, 0.1) is 11.0 Å². The maximum Gasteiger partial charge on any atom is 0.163 e. The van der Waals surface area contributed by atoms with E-state index in [9.17, 15) is 0 Å². The van der Waals surface area contributed by atoms with Crippen LogP contribution < -0.4 is 0 Å². The Morgan fingerprint density at radius 1 is 0.490 bits per heavy atom. The number of nitrogens with zero attached hydrogens (tertiary/aromatic N) is 5. The minimum absolute atomic E-state index is 0.463. The lowest BCUT2D eigenvalue weighted by Crippen LogP contribution is -2.08. The molecule has 6 heteroatoms. The van der Waals surface area contributed by atoms with E-state index in [4.69, 9.17) is 19.9 Å². The van der Waals surface area contributed by atoms with Crippen molar-refractivity contribution >= 4 is 53.3 Å². The Morgan fingerprint density at radius 3 is 1.80 bits per heavy atom. The molecule has 0 atom stereocenters. The fourth-order valence-electron chi connectivity index (χ4n) is 7.19. The molecule has 0 N–H and O–H groups in total. The van der Waals surface area contributed by atoms with Crippen LogP contribution >= 0.6 is 11.3 Å². The lowest BCUT2D eigenvalue weighted by molar-refractivity contribution is 0.914. The summed E-state index contributed by atoms with van der Waals surface area (Å²) in [5.41, 5.74) is 7.32. The van der Waals surface area contributed by atoms with Crippen molar-refractivity contribution in [2.45, 2.75) is 6.42 Å². The molecule has 0 fully saturated rings. The van der Waals surface area contributed by atoms with Gasteiger partial charge in [0.25, 0.3) is 0 Å². The van der Waals surface area contributed by atoms with E-state index in [2.05, 4.69) is 95.6 Å². The summed E-state index contributed by atoms with van der Waals surface area (Å²) < 4.78 is 4.92. The van der Waals surface area contributed by atoms with Gasteiger partial charge >= 0.3 is 0 Å². The third-order valence-electron chi connectivity index (χ3n) is 9.54. The Morgan fingerprint density at radius 2 is 1.10 bits per heavy atom. The zero-order valence-electron chi connectivity index (χ0n) is 27.4. The molecule has 4 heterocycles. The number of benzene rings is 6. The Labute approximate surface area is 298 Å². The van der Waals surface area contributed by atoms with E-state index in [1.165, 1.54) is 30.9 Å². The molecule has 6 aromatic carbocycles. The van der Waals surface area contributed by atoms with Crippen molar-refractivity contribution in [3.8, 4) is 39.7 Å². The molecule has 4 aromatic heterocycles. The maximum absolute atomic E-state index is 5.27. The maximum atomic E-state index is 5.27. The fraction of sp³-hybridized carbons (Fsp3) is 0.0222. The van der Waals surface area contributed by atoms with Gasteiger partial charge in [0.15, 0.2) is 11.6 Å². The molecule has 0 saturated heterocycles. The van der Waals surface area contributed by atoms with E-state index in [-0.39, 0.29) is 0 Å². The van der Waals surface area contributed by atoms with Crippen molar-refractivity contribution in [2.24, 2.45) is 0 Å². The third-order valence-corrected chi connectivity index (χ3v) is 10.7. The summed E-state index contributed by atoms with van der Waals surface area (Å²) in [6, 6.07) is 54.9. The number of pyridine rings is 1. The number of para-hydroxylation sites is 1. The molecule has 10 aromatic rings. The highest BCUT2D eigenvalue weighted by Crippen LogP contribution is 2.43. The number of rotatable bonds is 6. The second-order valence-corrected chi connectivity index (χ2v) is 13.7. The molecule has 0 amide bonds. The summed E-state index contributed by atoms with van der Waals surface area (Å²) in [6.45, 7) is 0. The normalized spacial score (nSPS) is 11.6. The quantitative estimate of drug-likeness (QED) is 0.177. The minimum Gasteiger partial charge on any atom is -0.293 e. The molecule has 51 heavy (non-hydrogen) atoms. The van der Waals surface area contributed by atoms with E-state index in [1.54, 1.807) is 0 Å². The average Bonchev–Trinajstić information content (AvgIpc) is 3.75. The van der Waals surface area contributed by atoms with E-state index in [1.807, 2.05) is 84.3 Å². The van der Waals surface area contributed by atoms with E-state index >= 15 is 0 Å². The highest BCUT2D eigenvalue weighted by Gasteiger charge is 2.21. The standard InChI is InChI=1S/C45H29N5S/c1-4-14-29(15-5-1)33-26-32(27-40-47-43(30-16-6-2-7-17-30)49-44(48-40)31-18-8-3-9-19-31)45(46-28-33)50-37-22-12-10-21-36(37)41-38(50)25-24-35-34-20-11-13-23-39(34)51-42(35)41/h1-26,28H,27H2. The average molecular weight is 672 g/mol. The van der Waals surface area contributed by atoms with Gasteiger partial charge in [-0.15, -0.1) is 11.3 Å². The van der Waals surface area contributed by atoms with Crippen LogP contribution in [0.4, 0.5) is 0 Å². The van der Waals surface area contributed by atoms with Gasteiger partial charge in [0.1, 0.15) is 11.6 Å². The largest absolute Gasteiger partial charge is 0.293 e. The lowest BCUT2D eigenvalue weighted by Gasteiger charge is -2.15. The SMILES string of the molecule is c1ccc(-c2cnc(-n3c4ccccc4c4c5sc6ccccc6c5ccc43)c(Cc3nc(-c4ccccc4)nc(-c4ccccc4)n3)c2)cc1. The van der Waals surface area contributed by atoms with Gasteiger partial charge < -0.3 is 0 Å². The molecule has 10 rings (SSSR count). The smallest absolute Gasteiger partial charge is 0.163 e. The minimum atomic E-state index is 0.463. The highest BCUT2D eigenvalue weighted by atomic mass is 32.1. The Kier molecular flexibility index (Phi) is 6.99. The van der Waals surface area contributed by atoms with Crippen molar-refractivity contribution in [3.05, 3.63) is 175 Å². The molecule has 0 aliphatic carbocycles. The Hall–Kier alpha value is -6.50. The van der Waals surface area contributed by atoms with Crippen molar-refractivity contribution in [3.63, 3.8) is 0 Å². The van der Waals surface area contributed by atoms with Crippen molar-refractivity contribution in [1.82, 2.24) is 24.5 Å². The molecule has 0 saturated carbocycles. The summed E-state index contributed by atoms with van der Waals surface area (Å²) in [7, 11) is 0. The number of aromatic nitrogens is 5. The van der Waals surface area contributed by atoms with Crippen LogP contribution in [0.15, 0.2) is 164 Å². The van der Waals surface area contributed by atoms with Gasteiger partial charge in [-0.05, 0) is 29.8 Å². The van der Waals surface area contributed by atoms with Crippen LogP contribution in [-0.2, 0) is 6.42 Å². The van der Waals surface area contributed by atoms with Crippen LogP contribution in [0.25, 0.3) is 81.7 Å². The van der Waals surface area contributed by atoms with Crippen LogP contribution in [-0.4, -0.2) is 24.5 Å². The number of hydrogen-bond acceptors (Lipinski definition) is 5. The molecular weight excluding hydrogens is 643 g/mol. The van der Waals surface area contributed by atoms with Gasteiger partial charge in [0.2, 0.25) is 0 Å². The summed E-state index contributed by atoms with van der Waals surface area (Å²) >= 11 is 1.86. The fourth-order valence-corrected chi connectivity index (χ4v) is 8.45. The number of thiophene rings is 1. The monoisotopic (exact) mass is 671 g/mol. The zero-order chi connectivity index (χ0) is 33.7. The second-order valence-electron chi connectivity index (χ2n) is 12.7. The first-order valence-electron chi connectivity index (χ1n) is 17.0. The molecule has 0 spiro atoms. The molecular formula is C45H29N5S. The zero-order valence-corrected chi connectivity index (χ0v) is 28.3. The van der Waals surface area contributed by atoms with Gasteiger partial charge in [-0.1, -0.05) is 133 Å². The highest BCUT2D eigenvalue weighted by molar-refractivity contribution is 7.26. The Bertz CT molecular complexity index is 2820. The molecule has 0 bridgehead atoms. The summed E-state index contributed by atoms with van der Waals surface area (Å²) in [6.07, 6.45) is 2.45. The van der Waals surface area contributed by atoms with Crippen molar-refractivity contribution in [1.29, 1.82) is 0 Å². The second kappa shape index (κ2) is 12.1. The molecule has 0 aliphatic heterocycles. The first-order chi connectivity index (χ1) is 25.3. The van der Waals surface area contributed by atoms with Crippen LogP contribution in [0.2, 0.25) is 0 Å². The van der Waals surface area contributed by atoms with Gasteiger partial charge in [-0.25, -0.2) is 19.9 Å². The Balaban J connectivity index is 1.22. The summed E-state index contributed by atoms with van der Waals surface area (Å²) in [5, 5.41) is 5.04. The molecule has 5 nitrogen and oxygen atoms in total. The lowest BCUT2D eigenvalue weighted by atomic mass is 10.0. The van der Waals surface area contributed by atoms with Crippen molar-refractivity contribution in [2.75, 3.05) is 0 Å². The van der Waals surface area contributed by atoms with E-state index in [0.717, 1.165) is 44.7 Å². The molecule has 240 valence electrons. The predicted octanol–water partition coefficient (Wildman–Crippen LogP) is 11.3. The number of hydrogen-bond donors (Lipinski definition) is 0. The van der Waals surface area contributed by atoms with Crippen LogP contribution in [0, 0.1) is 0 Å². The first kappa shape index (κ1) is 29.4. The molecule has 0 unspecified atom stereocenters. The van der Waals surface area contributed by atoms with Crippen molar-refractivity contribution < 1.29 is 0 Å². The molecule has 0 aliphatic rings. The molecule has 0 radical (unpaired) electrons. The van der Waals surface area contributed by atoms with E-state index in [0.29, 0.717) is 23.9 Å². The predicted molar refractivity (Wildman–Crippen MR) is 210 cm³/mol. The van der Waals surface area contributed by atoms with Crippen LogP contribution in [0.5, 0.6) is 0 Å². The van der Waals surface area contributed by atoms with Crippen LogP contribution in [0.1, 0.15) is 11.4 Å². The topological polar surface area (TPSA) is 56.5 Å². The van der Waals surface area contributed by atoms with Gasteiger partial charge in [0, 0.05) is 65.8 Å². The van der Waals surface area contributed by atoms with E-state index < -0.39 is 0 Å². The third kappa shape index (κ3) is 5.07. The summed E-state index contributed by atoms with van der Waals surface area (Å²) in [5.74, 6) is 2.85. The number of fused-ring (bicyclic) bond motifs is 7. The van der Waals surface area contributed by atoms with Gasteiger partial charge in [-0.3, -0.25) is 4.57 Å².